The number of likely N-dealkylation sites (tertiary alicyclic amines) is 1. The Hall–Kier alpha value is -1.05. The second kappa shape index (κ2) is 12.9. The molecule has 3 rings (SSSR count). The van der Waals surface area contributed by atoms with E-state index in [1.807, 2.05) is 36.4 Å². The first-order valence-corrected chi connectivity index (χ1v) is 12.3. The first kappa shape index (κ1) is 26.2. The molecule has 0 aliphatic carbocycles. The van der Waals surface area contributed by atoms with Crippen molar-refractivity contribution < 1.29 is 38.0 Å². The molecule has 1 aliphatic rings. The third-order valence-corrected chi connectivity index (χ3v) is 7.79. The summed E-state index contributed by atoms with van der Waals surface area (Å²) in [5.74, 6) is 0.799. The normalized spacial score (nSPS) is 15.3. The molecule has 0 saturated carbocycles. The van der Waals surface area contributed by atoms with Crippen LogP contribution in [0.1, 0.15) is 50.2 Å². The van der Waals surface area contributed by atoms with Crippen LogP contribution in [-0.4, -0.2) is 49.5 Å². The Bertz CT molecular complexity index is 739. The molecule has 2 aromatic rings. The van der Waals surface area contributed by atoms with Crippen molar-refractivity contribution in [3.05, 3.63) is 71.8 Å². The number of esters is 1. The maximum absolute atomic E-state index is 13.8. The lowest BCUT2D eigenvalue weighted by Crippen LogP contribution is -3.00. The number of thioether (sulfide) groups is 1. The number of halogens is 1. The second-order valence-corrected chi connectivity index (χ2v) is 9.91. The lowest BCUT2D eigenvalue weighted by atomic mass is 9.90. The van der Waals surface area contributed by atoms with E-state index in [4.69, 9.17) is 4.74 Å². The highest BCUT2D eigenvalue weighted by molar-refractivity contribution is 8.01. The van der Waals surface area contributed by atoms with Gasteiger partial charge in [0, 0.05) is 12.8 Å². The number of hydrogen-bond donors (Lipinski definition) is 0. The van der Waals surface area contributed by atoms with Gasteiger partial charge in [-0.15, -0.1) is 11.8 Å². The summed E-state index contributed by atoms with van der Waals surface area (Å²) in [6.45, 7) is 5.96. The van der Waals surface area contributed by atoms with Crippen molar-refractivity contribution >= 4 is 17.7 Å². The number of unbranched alkanes of at least 4 members (excludes halogenated alkanes) is 2. The smallest absolute Gasteiger partial charge is 0.331 e. The summed E-state index contributed by atoms with van der Waals surface area (Å²) in [4.78, 5) is 13.8. The number of carbonyl (C=O) groups is 1. The first-order chi connectivity index (χ1) is 14.6. The molecule has 0 radical (unpaired) electrons. The molecule has 5 heteroatoms. The summed E-state index contributed by atoms with van der Waals surface area (Å²) < 4.78 is 6.22. The largest absolute Gasteiger partial charge is 1.00 e. The molecule has 0 spiro atoms. The highest BCUT2D eigenvalue weighted by Crippen LogP contribution is 2.44. The number of hydrogen-bond acceptors (Lipinski definition) is 3. The van der Waals surface area contributed by atoms with Crippen molar-refractivity contribution in [2.45, 2.75) is 43.8 Å². The zero-order valence-electron chi connectivity index (χ0n) is 18.9. The van der Waals surface area contributed by atoms with E-state index in [1.54, 1.807) is 11.8 Å². The van der Waals surface area contributed by atoms with Crippen LogP contribution in [-0.2, 0) is 14.3 Å². The maximum atomic E-state index is 13.8. The van der Waals surface area contributed by atoms with Crippen molar-refractivity contribution in [3.8, 4) is 0 Å². The van der Waals surface area contributed by atoms with Crippen LogP contribution in [0.25, 0.3) is 0 Å². The van der Waals surface area contributed by atoms with Gasteiger partial charge in [-0.2, -0.15) is 0 Å². The van der Waals surface area contributed by atoms with Crippen molar-refractivity contribution in [3.63, 3.8) is 0 Å². The van der Waals surface area contributed by atoms with Crippen LogP contribution < -0.4 is 24.0 Å². The van der Waals surface area contributed by atoms with Crippen LogP contribution in [0.15, 0.2) is 60.7 Å². The van der Waals surface area contributed by atoms with Gasteiger partial charge in [0.15, 0.2) is 4.75 Å². The van der Waals surface area contributed by atoms with Crippen LogP contribution in [0.5, 0.6) is 0 Å². The highest BCUT2D eigenvalue weighted by Gasteiger charge is 2.44. The molecular weight excluding hydrogens is 517 g/mol. The summed E-state index contributed by atoms with van der Waals surface area (Å²) in [6, 6.07) is 20.3. The van der Waals surface area contributed by atoms with Crippen LogP contribution >= 0.6 is 11.8 Å². The van der Waals surface area contributed by atoms with Gasteiger partial charge in [-0.25, -0.2) is 4.79 Å². The fraction of sp³-hybridized carbons (Fsp3) is 0.500. The van der Waals surface area contributed by atoms with E-state index in [9.17, 15) is 4.79 Å². The van der Waals surface area contributed by atoms with Gasteiger partial charge < -0.3 is 33.2 Å². The number of carbonyl (C=O) groups excluding carboxylic acids is 1. The van der Waals surface area contributed by atoms with Crippen molar-refractivity contribution in [2.24, 2.45) is 0 Å². The number of nitrogens with zero attached hydrogens (tertiary/aromatic N) is 1. The fourth-order valence-electron chi connectivity index (χ4n) is 4.33. The predicted molar refractivity (Wildman–Crippen MR) is 127 cm³/mol. The molecule has 0 atom stereocenters. The van der Waals surface area contributed by atoms with Gasteiger partial charge >= 0.3 is 5.97 Å². The number of quaternary nitrogens is 1. The van der Waals surface area contributed by atoms with Crippen LogP contribution in [0.3, 0.4) is 0 Å². The van der Waals surface area contributed by atoms with Crippen LogP contribution in [0.4, 0.5) is 0 Å². The highest BCUT2D eigenvalue weighted by atomic mass is 127. The molecule has 0 N–H and O–H groups in total. The minimum absolute atomic E-state index is 0. The van der Waals surface area contributed by atoms with E-state index in [0.717, 1.165) is 34.3 Å². The third-order valence-electron chi connectivity index (χ3n) is 6.22. The summed E-state index contributed by atoms with van der Waals surface area (Å²) >= 11 is 1.73. The molecular formula is C26H36INO2S. The van der Waals surface area contributed by atoms with Gasteiger partial charge in [0.1, 0.15) is 13.2 Å². The first-order valence-electron chi connectivity index (χ1n) is 11.4. The van der Waals surface area contributed by atoms with Crippen molar-refractivity contribution in [1.82, 2.24) is 0 Å². The average molecular weight is 554 g/mol. The number of benzene rings is 2. The molecule has 0 bridgehead atoms. The van der Waals surface area contributed by atoms with Gasteiger partial charge in [0.25, 0.3) is 0 Å². The van der Waals surface area contributed by atoms with E-state index < -0.39 is 4.75 Å². The summed E-state index contributed by atoms with van der Waals surface area (Å²) in [5, 5.41) is 0. The van der Waals surface area contributed by atoms with Gasteiger partial charge in [0.05, 0.1) is 20.1 Å². The maximum Gasteiger partial charge on any atom is 0.331 e. The Morgan fingerprint density at radius 3 is 2.03 bits per heavy atom. The molecule has 1 saturated heterocycles. The molecule has 3 nitrogen and oxygen atoms in total. The quantitative estimate of drug-likeness (QED) is 0.185. The Morgan fingerprint density at radius 2 is 1.52 bits per heavy atom. The van der Waals surface area contributed by atoms with E-state index in [2.05, 4.69) is 38.2 Å². The van der Waals surface area contributed by atoms with Gasteiger partial charge in [-0.3, -0.25) is 0 Å². The Labute approximate surface area is 209 Å². The second-order valence-electron chi connectivity index (χ2n) is 8.60. The zero-order valence-corrected chi connectivity index (χ0v) is 21.9. The van der Waals surface area contributed by atoms with Gasteiger partial charge in [-0.05, 0) is 23.3 Å². The van der Waals surface area contributed by atoms with Crippen molar-refractivity contribution in [1.29, 1.82) is 0 Å². The Balaban J connectivity index is 0.00000341. The monoisotopic (exact) mass is 553 g/mol. The molecule has 0 aromatic heterocycles. The minimum atomic E-state index is -0.820. The average Bonchev–Trinajstić information content (AvgIpc) is 3.21. The molecule has 1 fully saturated rings. The predicted octanol–water partition coefficient (Wildman–Crippen LogP) is 2.64. The standard InChI is InChI=1S/C26H36NO2S.HI/c1-3-4-13-22-30-26(23-14-7-5-8-15-23,24-16-9-6-10-17-24)25(28)29-21-20-27(2)18-11-12-19-27;/h5-10,14-17H,3-4,11-13,18-22H2,1-2H3;1H/q+1;/p-1. The number of rotatable bonds is 11. The summed E-state index contributed by atoms with van der Waals surface area (Å²) in [7, 11) is 2.28. The van der Waals surface area contributed by atoms with E-state index in [0.29, 0.717) is 6.61 Å². The Morgan fingerprint density at radius 1 is 0.968 bits per heavy atom. The third kappa shape index (κ3) is 6.72. The fourth-order valence-corrected chi connectivity index (χ4v) is 5.77. The SMILES string of the molecule is CCCCCSC(C(=O)OCC[N+]1(C)CCCC1)(c1ccccc1)c1ccccc1.[I-]. The summed E-state index contributed by atoms with van der Waals surface area (Å²) in [5.41, 5.74) is 2.01. The van der Waals surface area contributed by atoms with Gasteiger partial charge in [0.2, 0.25) is 0 Å². The molecule has 2 aromatic carbocycles. The molecule has 0 unspecified atom stereocenters. The molecule has 0 amide bonds. The van der Waals surface area contributed by atoms with E-state index >= 15 is 0 Å². The zero-order chi connectivity index (χ0) is 21.3. The van der Waals surface area contributed by atoms with E-state index in [-0.39, 0.29) is 29.9 Å². The lowest BCUT2D eigenvalue weighted by Gasteiger charge is -2.33. The molecule has 170 valence electrons. The van der Waals surface area contributed by atoms with Gasteiger partial charge in [-0.1, -0.05) is 80.4 Å². The lowest BCUT2D eigenvalue weighted by molar-refractivity contribution is -0.897. The summed E-state index contributed by atoms with van der Waals surface area (Å²) in [6.07, 6.45) is 6.00. The van der Waals surface area contributed by atoms with Crippen LogP contribution in [0.2, 0.25) is 0 Å². The van der Waals surface area contributed by atoms with E-state index in [1.165, 1.54) is 38.8 Å². The Kier molecular flexibility index (Phi) is 10.9. The number of ether oxygens (including phenoxy) is 1. The van der Waals surface area contributed by atoms with Crippen LogP contribution in [0, 0.1) is 0 Å². The topological polar surface area (TPSA) is 26.3 Å². The molecule has 1 heterocycles. The molecule has 31 heavy (non-hydrogen) atoms. The van der Waals surface area contributed by atoms with Crippen molar-refractivity contribution in [2.75, 3.05) is 39.0 Å². The number of likely N-dealkylation sites (N-methyl/N-ethyl adjacent to an activating group) is 1. The minimum Gasteiger partial charge on any atom is -1.00 e. The molecule has 1 aliphatic heterocycles.